The Morgan fingerprint density at radius 2 is 1.90 bits per heavy atom. The first-order chi connectivity index (χ1) is 10.1. The summed E-state index contributed by atoms with van der Waals surface area (Å²) in [5.74, 6) is -0.0877. The van der Waals surface area contributed by atoms with E-state index in [4.69, 9.17) is 5.26 Å². The van der Waals surface area contributed by atoms with E-state index >= 15 is 0 Å². The number of benzene rings is 2. The highest BCUT2D eigenvalue weighted by atomic mass is 79.9. The largest absolute Gasteiger partial charge is 0.307 e. The number of amides is 1. The van der Waals surface area contributed by atoms with Crippen LogP contribution in [0.5, 0.6) is 0 Å². The Kier molecular flexibility index (Phi) is 5.13. The van der Waals surface area contributed by atoms with Crippen LogP contribution < -0.4 is 4.90 Å². The summed E-state index contributed by atoms with van der Waals surface area (Å²) in [4.78, 5) is 14.5. The van der Waals surface area contributed by atoms with Gasteiger partial charge in [-0.25, -0.2) is 0 Å². The zero-order valence-electron chi connectivity index (χ0n) is 11.7. The lowest BCUT2D eigenvalue weighted by atomic mass is 10.1. The molecule has 0 heterocycles. The normalized spacial score (nSPS) is 9.95. The molecule has 0 atom stereocenters. The SMILES string of the molecule is Cc1c(Br)cccc1C(=O)N(CCC#N)c1ccccc1. The summed E-state index contributed by atoms with van der Waals surface area (Å²) in [7, 11) is 0. The molecule has 2 rings (SSSR count). The molecule has 4 heteroatoms. The Labute approximate surface area is 132 Å². The predicted molar refractivity (Wildman–Crippen MR) is 87.2 cm³/mol. The van der Waals surface area contributed by atoms with Gasteiger partial charge >= 0.3 is 0 Å². The third-order valence-electron chi connectivity index (χ3n) is 3.26. The van der Waals surface area contributed by atoms with Crippen molar-refractivity contribution in [3.8, 4) is 6.07 Å². The molecular weight excluding hydrogens is 328 g/mol. The molecule has 0 saturated heterocycles. The fourth-order valence-electron chi connectivity index (χ4n) is 2.10. The zero-order valence-corrected chi connectivity index (χ0v) is 13.3. The number of hydrogen-bond acceptors (Lipinski definition) is 2. The Balaban J connectivity index is 2.39. The van der Waals surface area contributed by atoms with Gasteiger partial charge in [0.15, 0.2) is 0 Å². The second-order valence-corrected chi connectivity index (χ2v) is 5.47. The summed E-state index contributed by atoms with van der Waals surface area (Å²) < 4.78 is 0.904. The third kappa shape index (κ3) is 3.50. The van der Waals surface area contributed by atoms with E-state index in [9.17, 15) is 4.79 Å². The van der Waals surface area contributed by atoms with E-state index in [1.54, 1.807) is 4.90 Å². The molecule has 21 heavy (non-hydrogen) atoms. The topological polar surface area (TPSA) is 44.1 Å². The molecule has 0 fully saturated rings. The highest BCUT2D eigenvalue weighted by molar-refractivity contribution is 9.10. The lowest BCUT2D eigenvalue weighted by Crippen LogP contribution is -2.32. The molecule has 0 aliphatic heterocycles. The van der Waals surface area contributed by atoms with E-state index < -0.39 is 0 Å². The number of anilines is 1. The van der Waals surface area contributed by atoms with Crippen molar-refractivity contribution in [3.63, 3.8) is 0 Å². The number of carbonyl (C=O) groups excluding carboxylic acids is 1. The van der Waals surface area contributed by atoms with Crippen LogP contribution in [0.1, 0.15) is 22.3 Å². The molecule has 0 radical (unpaired) electrons. The van der Waals surface area contributed by atoms with Crippen LogP contribution in [0.4, 0.5) is 5.69 Å². The molecule has 2 aromatic carbocycles. The molecule has 0 unspecified atom stereocenters. The zero-order chi connectivity index (χ0) is 15.2. The van der Waals surface area contributed by atoms with Crippen LogP contribution in [0.3, 0.4) is 0 Å². The van der Waals surface area contributed by atoms with Crippen molar-refractivity contribution < 1.29 is 4.79 Å². The van der Waals surface area contributed by atoms with Crippen LogP contribution in [0.2, 0.25) is 0 Å². The smallest absolute Gasteiger partial charge is 0.258 e. The fraction of sp³-hybridized carbons (Fsp3) is 0.176. The molecule has 0 saturated carbocycles. The summed E-state index contributed by atoms with van der Waals surface area (Å²) in [5.41, 5.74) is 2.35. The Morgan fingerprint density at radius 3 is 2.57 bits per heavy atom. The van der Waals surface area contributed by atoms with Gasteiger partial charge < -0.3 is 4.90 Å². The number of halogens is 1. The van der Waals surface area contributed by atoms with Crippen LogP contribution in [0.25, 0.3) is 0 Å². The number of hydrogen-bond donors (Lipinski definition) is 0. The second-order valence-electron chi connectivity index (χ2n) is 4.61. The van der Waals surface area contributed by atoms with Crippen molar-refractivity contribution in [1.29, 1.82) is 5.26 Å². The standard InChI is InChI=1S/C17H15BrN2O/c1-13-15(9-5-10-16(13)18)17(21)20(12-6-11-19)14-7-3-2-4-8-14/h2-5,7-10H,6,12H2,1H3. The molecule has 3 nitrogen and oxygen atoms in total. The van der Waals surface area contributed by atoms with Gasteiger partial charge in [-0.3, -0.25) is 4.79 Å². The van der Waals surface area contributed by atoms with Crippen molar-refractivity contribution in [2.45, 2.75) is 13.3 Å². The van der Waals surface area contributed by atoms with Crippen LogP contribution in [0, 0.1) is 18.3 Å². The van der Waals surface area contributed by atoms with Crippen LogP contribution in [-0.4, -0.2) is 12.5 Å². The number of nitrogens with zero attached hydrogens (tertiary/aromatic N) is 2. The molecule has 0 aromatic heterocycles. The molecule has 0 N–H and O–H groups in total. The molecule has 2 aromatic rings. The van der Waals surface area contributed by atoms with Crippen molar-refractivity contribution in [2.24, 2.45) is 0 Å². The minimum atomic E-state index is -0.0877. The molecule has 0 aliphatic carbocycles. The quantitative estimate of drug-likeness (QED) is 0.830. The molecule has 1 amide bonds. The lowest BCUT2D eigenvalue weighted by Gasteiger charge is -2.23. The van der Waals surface area contributed by atoms with Crippen molar-refractivity contribution in [2.75, 3.05) is 11.4 Å². The Morgan fingerprint density at radius 1 is 1.19 bits per heavy atom. The van der Waals surface area contributed by atoms with Crippen LogP contribution >= 0.6 is 15.9 Å². The first kappa shape index (κ1) is 15.3. The number of para-hydroxylation sites is 1. The minimum absolute atomic E-state index is 0.0877. The van der Waals surface area contributed by atoms with E-state index in [1.165, 1.54) is 0 Å². The first-order valence-electron chi connectivity index (χ1n) is 6.64. The maximum absolute atomic E-state index is 12.8. The van der Waals surface area contributed by atoms with Crippen LogP contribution in [0.15, 0.2) is 53.0 Å². The number of nitriles is 1. The van der Waals surface area contributed by atoms with Crippen LogP contribution in [-0.2, 0) is 0 Å². The molecular formula is C17H15BrN2O. The molecule has 0 aliphatic rings. The molecule has 0 bridgehead atoms. The van der Waals surface area contributed by atoms with Gasteiger partial charge in [0.1, 0.15) is 0 Å². The van der Waals surface area contributed by atoms with E-state index in [2.05, 4.69) is 22.0 Å². The van der Waals surface area contributed by atoms with Gasteiger partial charge in [-0.05, 0) is 36.8 Å². The minimum Gasteiger partial charge on any atom is -0.307 e. The monoisotopic (exact) mass is 342 g/mol. The van der Waals surface area contributed by atoms with E-state index in [0.717, 1.165) is 15.7 Å². The van der Waals surface area contributed by atoms with Gasteiger partial charge in [0.05, 0.1) is 12.5 Å². The van der Waals surface area contributed by atoms with Gasteiger partial charge in [-0.1, -0.05) is 40.2 Å². The Hall–Kier alpha value is -2.12. The van der Waals surface area contributed by atoms with Gasteiger partial charge in [0.25, 0.3) is 5.91 Å². The third-order valence-corrected chi connectivity index (χ3v) is 4.12. The van der Waals surface area contributed by atoms with E-state index in [0.29, 0.717) is 18.5 Å². The van der Waals surface area contributed by atoms with Crippen molar-refractivity contribution in [3.05, 3.63) is 64.1 Å². The van der Waals surface area contributed by atoms with Crippen molar-refractivity contribution in [1.82, 2.24) is 0 Å². The maximum atomic E-state index is 12.8. The molecule has 106 valence electrons. The summed E-state index contributed by atoms with van der Waals surface area (Å²) in [6.45, 7) is 2.29. The summed E-state index contributed by atoms with van der Waals surface area (Å²) in [5, 5.41) is 8.82. The summed E-state index contributed by atoms with van der Waals surface area (Å²) >= 11 is 3.45. The van der Waals surface area contributed by atoms with E-state index in [1.807, 2.05) is 55.5 Å². The fourth-order valence-corrected chi connectivity index (χ4v) is 2.47. The lowest BCUT2D eigenvalue weighted by molar-refractivity contribution is 0.0987. The molecule has 0 spiro atoms. The summed E-state index contributed by atoms with van der Waals surface area (Å²) in [6, 6.07) is 17.1. The van der Waals surface area contributed by atoms with Gasteiger partial charge in [0.2, 0.25) is 0 Å². The Bertz CT molecular complexity index is 677. The highest BCUT2D eigenvalue weighted by Crippen LogP contribution is 2.23. The second kappa shape index (κ2) is 7.05. The number of rotatable bonds is 4. The van der Waals surface area contributed by atoms with E-state index in [-0.39, 0.29) is 5.91 Å². The average Bonchev–Trinajstić information content (AvgIpc) is 2.51. The predicted octanol–water partition coefficient (Wildman–Crippen LogP) is 4.32. The van der Waals surface area contributed by atoms with Crippen molar-refractivity contribution >= 4 is 27.5 Å². The van der Waals surface area contributed by atoms with Gasteiger partial charge in [-0.15, -0.1) is 0 Å². The number of carbonyl (C=O) groups is 1. The summed E-state index contributed by atoms with van der Waals surface area (Å²) in [6.07, 6.45) is 0.299. The first-order valence-corrected chi connectivity index (χ1v) is 7.43. The maximum Gasteiger partial charge on any atom is 0.258 e. The average molecular weight is 343 g/mol. The van der Waals surface area contributed by atoms with Gasteiger partial charge in [0, 0.05) is 22.3 Å². The van der Waals surface area contributed by atoms with Gasteiger partial charge in [-0.2, -0.15) is 5.26 Å². The highest BCUT2D eigenvalue weighted by Gasteiger charge is 2.19.